The average molecular weight is 803 g/mol. The molecule has 2 saturated heterocycles. The number of amides is 5. The van der Waals surface area contributed by atoms with E-state index in [4.69, 9.17) is 4.74 Å². The Kier molecular flexibility index (Phi) is 10.7. The highest BCUT2D eigenvalue weighted by atomic mass is 32.2. The van der Waals surface area contributed by atoms with Crippen LogP contribution in [-0.4, -0.2) is 115 Å². The van der Waals surface area contributed by atoms with Crippen molar-refractivity contribution in [3.05, 3.63) is 12.7 Å². The van der Waals surface area contributed by atoms with E-state index in [0.717, 1.165) is 19.3 Å². The fraction of sp³-hybridized carbons (Fsp3) is 0.829. The van der Waals surface area contributed by atoms with Gasteiger partial charge < -0.3 is 25.6 Å². The van der Waals surface area contributed by atoms with Gasteiger partial charge in [0, 0.05) is 30.5 Å². The molecule has 2 heterocycles. The molecule has 6 fully saturated rings. The maximum atomic E-state index is 15.1. The second-order valence-electron chi connectivity index (χ2n) is 20.5. The summed E-state index contributed by atoms with van der Waals surface area (Å²) < 4.78 is 33.5. The number of hydrogen-bond donors (Lipinski definition) is 4. The van der Waals surface area contributed by atoms with Crippen LogP contribution < -0.4 is 20.7 Å². The van der Waals surface area contributed by atoms with E-state index in [-0.39, 0.29) is 41.2 Å². The minimum absolute atomic E-state index is 0.0288. The minimum atomic E-state index is -3.88. The molecule has 2 spiro atoms. The third kappa shape index (κ3) is 6.98. The Bertz CT molecular complexity index is 1760. The Balaban J connectivity index is 1.27. The number of fused-ring (bicyclic) bond motifs is 1. The van der Waals surface area contributed by atoms with Crippen LogP contribution in [0, 0.1) is 33.0 Å². The van der Waals surface area contributed by atoms with Crippen molar-refractivity contribution < 1.29 is 37.1 Å². The van der Waals surface area contributed by atoms with Gasteiger partial charge in [-0.1, -0.05) is 67.9 Å². The van der Waals surface area contributed by atoms with E-state index in [1.54, 1.807) is 11.0 Å². The van der Waals surface area contributed by atoms with Gasteiger partial charge in [0.2, 0.25) is 33.7 Å². The van der Waals surface area contributed by atoms with Crippen LogP contribution in [0.1, 0.15) is 114 Å². The summed E-state index contributed by atoms with van der Waals surface area (Å²) in [6, 6.07) is -3.52. The number of ether oxygens (including phenoxy) is 1. The monoisotopic (exact) mass is 802 g/mol. The molecule has 2 aliphatic heterocycles. The van der Waals surface area contributed by atoms with Crippen LogP contribution in [0.3, 0.4) is 0 Å². The van der Waals surface area contributed by atoms with Crippen LogP contribution in [0.25, 0.3) is 0 Å². The number of carbonyl (C=O) groups is 5. The summed E-state index contributed by atoms with van der Waals surface area (Å²) in [5, 5.41) is 8.33. The van der Waals surface area contributed by atoms with Gasteiger partial charge in [-0.05, 0) is 74.0 Å². The van der Waals surface area contributed by atoms with E-state index in [0.29, 0.717) is 39.0 Å². The van der Waals surface area contributed by atoms with E-state index >= 15 is 4.79 Å². The SMILES string of the molecule is C=C[C@@H]1C[C@]1(NC(=O)[C@@H]1C[C@@]2(CN1C(=O)[C@@H](NC(=O)[C@@H](NC(=O)[C@@H]1COCCN1C(C)C)C(C)(C)C)C(C)(C)C)C(C)(C)C21CCC1)C(=O)NS(=O)(=O)C1CC1. The van der Waals surface area contributed by atoms with E-state index in [1.165, 1.54) is 0 Å². The van der Waals surface area contributed by atoms with Crippen LogP contribution in [-0.2, 0) is 38.7 Å². The van der Waals surface area contributed by atoms with Gasteiger partial charge in [-0.25, -0.2) is 8.42 Å². The first kappa shape index (κ1) is 42.6. The lowest BCUT2D eigenvalue weighted by Gasteiger charge is -2.40. The highest BCUT2D eigenvalue weighted by Gasteiger charge is 2.85. The molecule has 0 radical (unpaired) electrons. The smallest absolute Gasteiger partial charge is 0.259 e. The van der Waals surface area contributed by atoms with Crippen molar-refractivity contribution in [1.82, 2.24) is 30.5 Å². The molecule has 7 atom stereocenters. The normalized spacial score (nSPS) is 31.9. The van der Waals surface area contributed by atoms with E-state index in [1.807, 2.05) is 55.4 Å². The molecule has 0 aromatic rings. The van der Waals surface area contributed by atoms with Gasteiger partial charge in [0.1, 0.15) is 29.7 Å². The fourth-order valence-electron chi connectivity index (χ4n) is 10.5. The van der Waals surface area contributed by atoms with Gasteiger partial charge in [-0.3, -0.25) is 33.6 Å². The number of morpholine rings is 1. The van der Waals surface area contributed by atoms with Crippen molar-refractivity contribution in [1.29, 1.82) is 0 Å². The number of nitrogens with zero attached hydrogens (tertiary/aromatic N) is 2. The number of carbonyl (C=O) groups excluding carboxylic acids is 5. The first-order valence-corrected chi connectivity index (χ1v) is 22.1. The molecule has 314 valence electrons. The molecule has 4 N–H and O–H groups in total. The highest BCUT2D eigenvalue weighted by molar-refractivity contribution is 7.91. The van der Waals surface area contributed by atoms with Gasteiger partial charge in [0.15, 0.2) is 0 Å². The van der Waals surface area contributed by atoms with Gasteiger partial charge in [-0.2, -0.15) is 0 Å². The maximum Gasteiger partial charge on any atom is 0.259 e. The van der Waals surface area contributed by atoms with Crippen molar-refractivity contribution in [2.24, 2.45) is 33.0 Å². The van der Waals surface area contributed by atoms with Crippen molar-refractivity contribution in [3.63, 3.8) is 0 Å². The number of sulfonamides is 1. The lowest BCUT2D eigenvalue weighted by atomic mass is 9.73. The molecule has 14 nitrogen and oxygen atoms in total. The third-order valence-electron chi connectivity index (χ3n) is 14.6. The van der Waals surface area contributed by atoms with E-state index in [2.05, 4.69) is 46.0 Å². The quantitative estimate of drug-likeness (QED) is 0.216. The van der Waals surface area contributed by atoms with Crippen molar-refractivity contribution in [3.8, 4) is 0 Å². The summed E-state index contributed by atoms with van der Waals surface area (Å²) in [5.74, 6) is -3.05. The van der Waals surface area contributed by atoms with Crippen molar-refractivity contribution in [2.45, 2.75) is 155 Å². The van der Waals surface area contributed by atoms with Gasteiger partial charge >= 0.3 is 0 Å². The van der Waals surface area contributed by atoms with E-state index in [9.17, 15) is 27.6 Å². The molecular weight excluding hydrogens is 737 g/mol. The second-order valence-corrected chi connectivity index (χ2v) is 22.5. The van der Waals surface area contributed by atoms with Crippen LogP contribution >= 0.6 is 0 Å². The summed E-state index contributed by atoms with van der Waals surface area (Å²) in [4.78, 5) is 75.2. The van der Waals surface area contributed by atoms with Crippen molar-refractivity contribution >= 4 is 39.6 Å². The predicted molar refractivity (Wildman–Crippen MR) is 211 cm³/mol. The Hall–Kier alpha value is -3.04. The zero-order valence-corrected chi connectivity index (χ0v) is 36.0. The Labute approximate surface area is 333 Å². The van der Waals surface area contributed by atoms with Crippen LogP contribution in [0.4, 0.5) is 0 Å². The molecule has 56 heavy (non-hydrogen) atoms. The van der Waals surface area contributed by atoms with Crippen LogP contribution in [0.2, 0.25) is 0 Å². The van der Waals surface area contributed by atoms with Crippen LogP contribution in [0.5, 0.6) is 0 Å². The first-order valence-electron chi connectivity index (χ1n) is 20.6. The lowest BCUT2D eigenvalue weighted by molar-refractivity contribution is -0.146. The fourth-order valence-corrected chi connectivity index (χ4v) is 11.9. The second kappa shape index (κ2) is 14.1. The lowest BCUT2D eigenvalue weighted by Crippen LogP contribution is -2.64. The Morgan fingerprint density at radius 1 is 0.875 bits per heavy atom. The Morgan fingerprint density at radius 3 is 1.98 bits per heavy atom. The zero-order valence-electron chi connectivity index (χ0n) is 35.2. The van der Waals surface area contributed by atoms with Gasteiger partial charge in [0.05, 0.1) is 18.5 Å². The summed E-state index contributed by atoms with van der Waals surface area (Å²) in [5.41, 5.74) is -3.57. The predicted octanol–water partition coefficient (Wildman–Crippen LogP) is 2.62. The maximum absolute atomic E-state index is 15.1. The minimum Gasteiger partial charge on any atom is -0.378 e. The standard InChI is InChI=1S/C41H66N6O8S/c1-12-25-20-41(25,35(52)45-56(53,54)26-14-15-26)44-32(49)27-21-40(38(10,11)39(40)16-13-17-39)23-47(27)34(51)30(37(7,8)9)43-33(50)29(36(4,5)6)42-31(48)28-22-55-19-18-46(28)24(2)3/h12,24-30H,1,13-23H2,2-11H3,(H,42,48)(H,43,50)(H,44,49)(H,45,52)/t25-,27+,28+,29-,30-,40-,41-/m1/s1. The summed E-state index contributed by atoms with van der Waals surface area (Å²) in [6.07, 6.45) is 6.14. The van der Waals surface area contributed by atoms with Crippen molar-refractivity contribution in [2.75, 3.05) is 26.3 Å². The Morgan fingerprint density at radius 2 is 1.50 bits per heavy atom. The molecule has 15 heteroatoms. The number of likely N-dealkylation sites (tertiary alicyclic amines) is 1. The summed E-state index contributed by atoms with van der Waals surface area (Å²) in [7, 11) is -3.88. The van der Waals surface area contributed by atoms with E-state index < -0.39 is 85.4 Å². The van der Waals surface area contributed by atoms with Gasteiger partial charge in [-0.15, -0.1) is 6.58 Å². The molecular formula is C41H66N6O8S. The molecule has 6 rings (SSSR count). The third-order valence-corrected chi connectivity index (χ3v) is 16.4. The summed E-state index contributed by atoms with van der Waals surface area (Å²) in [6.45, 7) is 25.0. The zero-order chi connectivity index (χ0) is 41.6. The molecule has 0 aromatic heterocycles. The molecule has 5 amide bonds. The molecule has 4 saturated carbocycles. The number of hydrogen-bond acceptors (Lipinski definition) is 9. The largest absolute Gasteiger partial charge is 0.378 e. The number of nitrogens with one attached hydrogen (secondary N) is 4. The van der Waals surface area contributed by atoms with Gasteiger partial charge in [0.25, 0.3) is 5.91 Å². The number of rotatable bonds is 12. The summed E-state index contributed by atoms with van der Waals surface area (Å²) >= 11 is 0. The molecule has 6 aliphatic rings. The van der Waals surface area contributed by atoms with Crippen LogP contribution in [0.15, 0.2) is 12.7 Å². The molecule has 0 bridgehead atoms. The average Bonchev–Trinajstić information content (AvgIpc) is 4.02. The molecule has 0 unspecified atom stereocenters. The highest BCUT2D eigenvalue weighted by Crippen LogP contribution is 2.88. The molecule has 4 aliphatic carbocycles. The first-order chi connectivity index (χ1) is 25.8. The molecule has 0 aromatic carbocycles. The topological polar surface area (TPSA) is 183 Å².